The first-order valence-electron chi connectivity index (χ1n) is 4.47. The molecular weight excluding hydrogens is 230 g/mol. The van der Waals surface area contributed by atoms with Gasteiger partial charge in [-0.25, -0.2) is 4.98 Å². The first-order chi connectivity index (χ1) is 7.25. The lowest BCUT2D eigenvalue weighted by Crippen LogP contribution is -2.15. The number of hydrogen-bond acceptors (Lipinski definition) is 4. The molecule has 0 radical (unpaired) electrons. The molecule has 0 aliphatic carbocycles. The van der Waals surface area contributed by atoms with E-state index in [0.29, 0.717) is 5.15 Å². The summed E-state index contributed by atoms with van der Waals surface area (Å²) in [5, 5.41) is 3.31. The zero-order valence-corrected chi connectivity index (χ0v) is 9.79. The van der Waals surface area contributed by atoms with Gasteiger partial charge >= 0.3 is 0 Å². The molecule has 0 fully saturated rings. The number of nitrogens with zero attached hydrogens (tertiary/aromatic N) is 3. The minimum atomic E-state index is 0.552. The second-order valence-electron chi connectivity index (χ2n) is 3.16. The molecule has 0 unspecified atom stereocenters. The van der Waals surface area contributed by atoms with Crippen LogP contribution in [-0.2, 0) is 6.54 Å². The Bertz CT molecular complexity index is 429. The maximum Gasteiger partial charge on any atom is 0.186 e. The molecule has 0 aromatic carbocycles. The molecule has 2 aromatic rings. The fraction of sp³-hybridized carbons (Fsp3) is 0.200. The average molecular weight is 240 g/mol. The molecule has 0 atom stereocenters. The van der Waals surface area contributed by atoms with Crippen molar-refractivity contribution < 1.29 is 0 Å². The van der Waals surface area contributed by atoms with E-state index in [9.17, 15) is 0 Å². The van der Waals surface area contributed by atoms with E-state index in [1.54, 1.807) is 23.7 Å². The zero-order chi connectivity index (χ0) is 10.7. The summed E-state index contributed by atoms with van der Waals surface area (Å²) in [4.78, 5) is 10.2. The fourth-order valence-electron chi connectivity index (χ4n) is 1.25. The van der Waals surface area contributed by atoms with E-state index in [4.69, 9.17) is 11.6 Å². The van der Waals surface area contributed by atoms with Crippen LogP contribution in [0, 0.1) is 0 Å². The van der Waals surface area contributed by atoms with Crippen molar-refractivity contribution >= 4 is 28.1 Å². The molecule has 0 saturated heterocycles. The highest BCUT2D eigenvalue weighted by Crippen LogP contribution is 2.23. The quantitative estimate of drug-likeness (QED) is 0.825. The predicted molar refractivity (Wildman–Crippen MR) is 63.5 cm³/mol. The SMILES string of the molecule is CN(Cc1ccncc1)c1nc(Cl)cs1. The standard InChI is InChI=1S/C10H10ClN3S/c1-14(10-13-9(11)7-15-10)6-8-2-4-12-5-3-8/h2-5,7H,6H2,1H3. The molecule has 0 amide bonds. The third kappa shape index (κ3) is 2.67. The second-order valence-corrected chi connectivity index (χ2v) is 4.39. The van der Waals surface area contributed by atoms with Crippen LogP contribution in [0.25, 0.3) is 0 Å². The van der Waals surface area contributed by atoms with Gasteiger partial charge in [-0.3, -0.25) is 4.98 Å². The summed E-state index contributed by atoms with van der Waals surface area (Å²) < 4.78 is 0. The molecule has 0 spiro atoms. The molecule has 2 rings (SSSR count). The van der Waals surface area contributed by atoms with Crippen molar-refractivity contribution in [1.29, 1.82) is 0 Å². The first kappa shape index (κ1) is 10.4. The molecule has 5 heteroatoms. The summed E-state index contributed by atoms with van der Waals surface area (Å²) in [6, 6.07) is 3.98. The van der Waals surface area contributed by atoms with Crippen LogP contribution in [0.5, 0.6) is 0 Å². The van der Waals surface area contributed by atoms with Gasteiger partial charge in [0.05, 0.1) is 0 Å². The number of pyridine rings is 1. The maximum absolute atomic E-state index is 5.77. The summed E-state index contributed by atoms with van der Waals surface area (Å²) in [6.07, 6.45) is 3.58. The van der Waals surface area contributed by atoms with Crippen LogP contribution >= 0.6 is 22.9 Å². The molecule has 0 aliphatic heterocycles. The molecular formula is C10H10ClN3S. The number of aromatic nitrogens is 2. The van der Waals surface area contributed by atoms with Crippen molar-refractivity contribution in [3.05, 3.63) is 40.6 Å². The van der Waals surface area contributed by atoms with Gasteiger partial charge in [0.15, 0.2) is 5.13 Å². The van der Waals surface area contributed by atoms with Gasteiger partial charge in [-0.15, -0.1) is 11.3 Å². The van der Waals surface area contributed by atoms with Gasteiger partial charge in [0.1, 0.15) is 5.15 Å². The van der Waals surface area contributed by atoms with Crippen LogP contribution in [0.1, 0.15) is 5.56 Å². The van der Waals surface area contributed by atoms with Gasteiger partial charge in [-0.05, 0) is 17.7 Å². The summed E-state index contributed by atoms with van der Waals surface area (Å²) in [5.41, 5.74) is 1.21. The zero-order valence-electron chi connectivity index (χ0n) is 8.22. The molecule has 2 heterocycles. The summed E-state index contributed by atoms with van der Waals surface area (Å²) in [5.74, 6) is 0. The Morgan fingerprint density at radius 1 is 1.40 bits per heavy atom. The van der Waals surface area contributed by atoms with Crippen molar-refractivity contribution in [3.8, 4) is 0 Å². The molecule has 15 heavy (non-hydrogen) atoms. The van der Waals surface area contributed by atoms with Crippen LogP contribution in [0.4, 0.5) is 5.13 Å². The van der Waals surface area contributed by atoms with Gasteiger partial charge in [0.25, 0.3) is 0 Å². The number of anilines is 1. The van der Waals surface area contributed by atoms with Gasteiger partial charge in [0, 0.05) is 31.4 Å². The van der Waals surface area contributed by atoms with Crippen LogP contribution in [-0.4, -0.2) is 17.0 Å². The Morgan fingerprint density at radius 3 is 2.73 bits per heavy atom. The molecule has 0 saturated carbocycles. The summed E-state index contributed by atoms with van der Waals surface area (Å²) in [7, 11) is 2.00. The highest BCUT2D eigenvalue weighted by atomic mass is 35.5. The van der Waals surface area contributed by atoms with E-state index in [-0.39, 0.29) is 0 Å². The van der Waals surface area contributed by atoms with Crippen molar-refractivity contribution in [2.45, 2.75) is 6.54 Å². The highest BCUT2D eigenvalue weighted by molar-refractivity contribution is 7.14. The van der Waals surface area contributed by atoms with E-state index in [1.165, 1.54) is 5.56 Å². The van der Waals surface area contributed by atoms with Crippen molar-refractivity contribution in [2.75, 3.05) is 11.9 Å². The number of rotatable bonds is 3. The van der Waals surface area contributed by atoms with E-state index in [1.807, 2.05) is 24.6 Å². The van der Waals surface area contributed by atoms with E-state index in [0.717, 1.165) is 11.7 Å². The first-order valence-corrected chi connectivity index (χ1v) is 5.72. The lowest BCUT2D eigenvalue weighted by molar-refractivity contribution is 0.911. The van der Waals surface area contributed by atoms with Crippen LogP contribution < -0.4 is 4.90 Å². The lowest BCUT2D eigenvalue weighted by Gasteiger charge is -2.15. The summed E-state index contributed by atoms with van der Waals surface area (Å²) in [6.45, 7) is 0.812. The van der Waals surface area contributed by atoms with Crippen molar-refractivity contribution in [2.24, 2.45) is 0 Å². The second kappa shape index (κ2) is 4.59. The van der Waals surface area contributed by atoms with Gasteiger partial charge in [-0.1, -0.05) is 11.6 Å². The van der Waals surface area contributed by atoms with Gasteiger partial charge < -0.3 is 4.90 Å². The van der Waals surface area contributed by atoms with Crippen molar-refractivity contribution in [3.63, 3.8) is 0 Å². The highest BCUT2D eigenvalue weighted by Gasteiger charge is 2.06. The normalized spacial score (nSPS) is 10.3. The monoisotopic (exact) mass is 239 g/mol. The Kier molecular flexibility index (Phi) is 3.18. The number of thiazole rings is 1. The Hall–Kier alpha value is -1.13. The minimum Gasteiger partial charge on any atom is -0.347 e. The van der Waals surface area contributed by atoms with Gasteiger partial charge in [0.2, 0.25) is 0 Å². The topological polar surface area (TPSA) is 29.0 Å². The van der Waals surface area contributed by atoms with E-state index >= 15 is 0 Å². The number of halogens is 1. The molecule has 2 aromatic heterocycles. The summed E-state index contributed by atoms with van der Waals surface area (Å²) >= 11 is 7.31. The van der Waals surface area contributed by atoms with E-state index in [2.05, 4.69) is 14.9 Å². The van der Waals surface area contributed by atoms with Crippen LogP contribution in [0.3, 0.4) is 0 Å². The average Bonchev–Trinajstić information content (AvgIpc) is 2.66. The molecule has 0 aliphatic rings. The van der Waals surface area contributed by atoms with Crippen LogP contribution in [0.15, 0.2) is 29.9 Å². The van der Waals surface area contributed by atoms with Crippen LogP contribution in [0.2, 0.25) is 5.15 Å². The smallest absolute Gasteiger partial charge is 0.186 e. The Labute approximate surface area is 97.4 Å². The van der Waals surface area contributed by atoms with Crippen molar-refractivity contribution in [1.82, 2.24) is 9.97 Å². The Balaban J connectivity index is 2.07. The molecule has 0 bridgehead atoms. The number of hydrogen-bond donors (Lipinski definition) is 0. The van der Waals surface area contributed by atoms with Gasteiger partial charge in [-0.2, -0.15) is 0 Å². The molecule has 3 nitrogen and oxygen atoms in total. The largest absolute Gasteiger partial charge is 0.347 e. The third-order valence-electron chi connectivity index (χ3n) is 1.96. The minimum absolute atomic E-state index is 0.552. The molecule has 78 valence electrons. The third-order valence-corrected chi connectivity index (χ3v) is 3.24. The fourth-order valence-corrected chi connectivity index (χ4v) is 2.17. The lowest BCUT2D eigenvalue weighted by atomic mass is 10.2. The van der Waals surface area contributed by atoms with E-state index < -0.39 is 0 Å². The molecule has 0 N–H and O–H groups in total. The predicted octanol–water partition coefficient (Wildman–Crippen LogP) is 2.83. The maximum atomic E-state index is 5.77. The Morgan fingerprint density at radius 2 is 2.13 bits per heavy atom.